The SMILES string of the molecule is O=C(O)N(Cc1ccccc1)S(=O)(=O)N1CCC2(CC1)OCCO2. The molecule has 2 saturated heterocycles. The molecule has 1 aromatic rings. The largest absolute Gasteiger partial charge is 0.464 e. The summed E-state index contributed by atoms with van der Waals surface area (Å²) in [5.74, 6) is -0.709. The van der Waals surface area contributed by atoms with Crippen molar-refractivity contribution in [3.8, 4) is 0 Å². The van der Waals surface area contributed by atoms with Crippen LogP contribution in [0.2, 0.25) is 0 Å². The van der Waals surface area contributed by atoms with Crippen LogP contribution in [-0.2, 0) is 26.2 Å². The second-order valence-electron chi connectivity index (χ2n) is 5.79. The van der Waals surface area contributed by atoms with Gasteiger partial charge in [0.05, 0.1) is 19.8 Å². The highest BCUT2D eigenvalue weighted by molar-refractivity contribution is 7.87. The lowest BCUT2D eigenvalue weighted by molar-refractivity contribution is -0.179. The maximum Gasteiger partial charge on any atom is 0.422 e. The molecule has 0 bridgehead atoms. The Kier molecular flexibility index (Phi) is 4.77. The Morgan fingerprint density at radius 3 is 2.29 bits per heavy atom. The molecule has 2 aliphatic rings. The number of nitrogens with zero attached hydrogens (tertiary/aromatic N) is 2. The fourth-order valence-electron chi connectivity index (χ4n) is 2.98. The summed E-state index contributed by atoms with van der Waals surface area (Å²) in [6, 6.07) is 8.64. The van der Waals surface area contributed by atoms with E-state index in [2.05, 4.69) is 0 Å². The number of rotatable bonds is 4. The monoisotopic (exact) mass is 356 g/mol. The molecule has 2 aliphatic heterocycles. The molecule has 0 saturated carbocycles. The molecule has 0 atom stereocenters. The maximum atomic E-state index is 12.7. The van der Waals surface area contributed by atoms with Gasteiger partial charge in [-0.15, -0.1) is 0 Å². The van der Waals surface area contributed by atoms with Gasteiger partial charge in [-0.25, -0.2) is 4.79 Å². The van der Waals surface area contributed by atoms with Gasteiger partial charge in [0.1, 0.15) is 0 Å². The van der Waals surface area contributed by atoms with Crippen LogP contribution in [0.15, 0.2) is 30.3 Å². The summed E-state index contributed by atoms with van der Waals surface area (Å²) in [7, 11) is -4.11. The van der Waals surface area contributed by atoms with Crippen LogP contribution < -0.4 is 0 Å². The fraction of sp³-hybridized carbons (Fsp3) is 0.533. The zero-order valence-corrected chi connectivity index (χ0v) is 13.9. The van der Waals surface area contributed by atoms with Crippen LogP contribution in [0.4, 0.5) is 4.79 Å². The quantitative estimate of drug-likeness (QED) is 0.872. The van der Waals surface area contributed by atoms with Gasteiger partial charge in [-0.05, 0) is 5.56 Å². The minimum absolute atomic E-state index is 0.168. The van der Waals surface area contributed by atoms with Gasteiger partial charge in [0.15, 0.2) is 5.79 Å². The first-order valence-electron chi connectivity index (χ1n) is 7.76. The van der Waals surface area contributed by atoms with Crippen molar-refractivity contribution < 1.29 is 27.8 Å². The molecule has 1 aromatic carbocycles. The maximum absolute atomic E-state index is 12.7. The van der Waals surface area contributed by atoms with Gasteiger partial charge in [-0.3, -0.25) is 0 Å². The van der Waals surface area contributed by atoms with E-state index in [9.17, 15) is 18.3 Å². The van der Waals surface area contributed by atoms with Crippen molar-refractivity contribution in [1.29, 1.82) is 0 Å². The molecule has 24 heavy (non-hydrogen) atoms. The molecule has 1 amide bonds. The summed E-state index contributed by atoms with van der Waals surface area (Å²) in [5, 5.41) is 9.38. The molecule has 1 N–H and O–H groups in total. The molecule has 2 heterocycles. The summed E-state index contributed by atoms with van der Waals surface area (Å²) >= 11 is 0. The topological polar surface area (TPSA) is 96.4 Å². The number of piperidine rings is 1. The summed E-state index contributed by atoms with van der Waals surface area (Å²) in [6.07, 6.45) is -0.705. The van der Waals surface area contributed by atoms with Crippen molar-refractivity contribution in [2.45, 2.75) is 25.2 Å². The zero-order valence-electron chi connectivity index (χ0n) is 13.1. The predicted molar refractivity (Wildman–Crippen MR) is 84.4 cm³/mol. The highest BCUT2D eigenvalue weighted by atomic mass is 32.2. The Bertz CT molecular complexity index is 677. The smallest absolute Gasteiger partial charge is 0.422 e. The first-order chi connectivity index (χ1) is 11.4. The van der Waals surface area contributed by atoms with Crippen LogP contribution in [0.1, 0.15) is 18.4 Å². The van der Waals surface area contributed by atoms with E-state index in [1.807, 2.05) is 0 Å². The third kappa shape index (κ3) is 3.39. The molecular weight excluding hydrogens is 336 g/mol. The summed E-state index contributed by atoms with van der Waals surface area (Å²) in [6.45, 7) is 1.12. The van der Waals surface area contributed by atoms with E-state index in [0.29, 0.717) is 35.9 Å². The Morgan fingerprint density at radius 1 is 1.17 bits per heavy atom. The van der Waals surface area contributed by atoms with E-state index >= 15 is 0 Å². The third-order valence-corrected chi connectivity index (χ3v) is 6.14. The summed E-state index contributed by atoms with van der Waals surface area (Å²) in [4.78, 5) is 11.5. The highest BCUT2D eigenvalue weighted by Crippen LogP contribution is 2.32. The van der Waals surface area contributed by atoms with E-state index in [4.69, 9.17) is 9.47 Å². The number of carboxylic acid groups (broad SMARTS) is 1. The number of ether oxygens (including phenoxy) is 2. The Labute approximate surface area is 140 Å². The average molecular weight is 356 g/mol. The van der Waals surface area contributed by atoms with E-state index < -0.39 is 22.1 Å². The minimum atomic E-state index is -4.11. The van der Waals surface area contributed by atoms with Crippen molar-refractivity contribution >= 4 is 16.3 Å². The standard InChI is InChI=1S/C15H20N2O6S/c18-14(19)17(12-13-4-2-1-3-5-13)24(20,21)16-8-6-15(7-9-16)22-10-11-23-15/h1-5H,6-12H2,(H,18,19). The number of hydrogen-bond donors (Lipinski definition) is 1. The van der Waals surface area contributed by atoms with Gasteiger partial charge >= 0.3 is 16.3 Å². The van der Waals surface area contributed by atoms with Crippen molar-refractivity contribution in [1.82, 2.24) is 8.61 Å². The normalized spacial score (nSPS) is 21.0. The van der Waals surface area contributed by atoms with Crippen molar-refractivity contribution in [2.75, 3.05) is 26.3 Å². The summed E-state index contributed by atoms with van der Waals surface area (Å²) in [5.41, 5.74) is 0.611. The fourth-order valence-corrected chi connectivity index (χ4v) is 4.41. The van der Waals surface area contributed by atoms with Gasteiger partial charge in [0.2, 0.25) is 0 Å². The molecule has 8 nitrogen and oxygen atoms in total. The van der Waals surface area contributed by atoms with Crippen LogP contribution in [0.25, 0.3) is 0 Å². The molecule has 1 spiro atoms. The van der Waals surface area contributed by atoms with Gasteiger partial charge in [-0.1, -0.05) is 30.3 Å². The van der Waals surface area contributed by atoms with Gasteiger partial charge < -0.3 is 14.6 Å². The van der Waals surface area contributed by atoms with Gasteiger partial charge in [0.25, 0.3) is 0 Å². The van der Waals surface area contributed by atoms with Crippen molar-refractivity contribution in [3.05, 3.63) is 35.9 Å². The van der Waals surface area contributed by atoms with Crippen LogP contribution >= 0.6 is 0 Å². The van der Waals surface area contributed by atoms with Gasteiger partial charge in [0, 0.05) is 25.9 Å². The molecule has 2 fully saturated rings. The molecule has 0 unspecified atom stereocenters. The number of amides is 1. The Hall–Kier alpha value is -1.68. The molecule has 0 radical (unpaired) electrons. The van der Waals surface area contributed by atoms with Crippen LogP contribution in [0, 0.1) is 0 Å². The first kappa shape index (κ1) is 17.2. The molecule has 0 aromatic heterocycles. The molecule has 132 valence electrons. The van der Waals surface area contributed by atoms with Crippen LogP contribution in [-0.4, -0.2) is 60.3 Å². The number of carbonyl (C=O) groups is 1. The van der Waals surface area contributed by atoms with E-state index in [1.165, 1.54) is 4.31 Å². The second kappa shape index (κ2) is 6.67. The second-order valence-corrected chi connectivity index (χ2v) is 7.64. The lowest BCUT2D eigenvalue weighted by Crippen LogP contribution is -2.52. The Morgan fingerprint density at radius 2 is 1.75 bits per heavy atom. The van der Waals surface area contributed by atoms with Crippen molar-refractivity contribution in [3.63, 3.8) is 0 Å². The van der Waals surface area contributed by atoms with Crippen molar-refractivity contribution in [2.24, 2.45) is 0 Å². The average Bonchev–Trinajstić information content (AvgIpc) is 3.01. The highest BCUT2D eigenvalue weighted by Gasteiger charge is 2.44. The third-order valence-electron chi connectivity index (χ3n) is 4.28. The first-order valence-corrected chi connectivity index (χ1v) is 9.15. The molecular formula is C15H20N2O6S. The lowest BCUT2D eigenvalue weighted by Gasteiger charge is -2.38. The number of benzene rings is 1. The van der Waals surface area contributed by atoms with Gasteiger partial charge in [-0.2, -0.15) is 17.0 Å². The van der Waals surface area contributed by atoms with E-state index in [1.54, 1.807) is 30.3 Å². The van der Waals surface area contributed by atoms with Crippen LogP contribution in [0.5, 0.6) is 0 Å². The predicted octanol–water partition coefficient (Wildman–Crippen LogP) is 1.25. The van der Waals surface area contributed by atoms with E-state index in [-0.39, 0.29) is 19.6 Å². The molecule has 9 heteroatoms. The lowest BCUT2D eigenvalue weighted by atomic mass is 10.1. The molecule has 0 aliphatic carbocycles. The van der Waals surface area contributed by atoms with Crippen LogP contribution in [0.3, 0.4) is 0 Å². The van der Waals surface area contributed by atoms with E-state index in [0.717, 1.165) is 0 Å². The minimum Gasteiger partial charge on any atom is -0.464 e. The molecule has 3 rings (SSSR count). The number of hydrogen-bond acceptors (Lipinski definition) is 5. The zero-order chi connectivity index (χ0) is 17.2. The summed E-state index contributed by atoms with van der Waals surface area (Å²) < 4.78 is 38.3. The Balaban J connectivity index is 1.73.